The average Bonchev–Trinajstić information content (AvgIpc) is 2.47. The number of hydrogen-bond acceptors (Lipinski definition) is 6. The molecule has 0 unspecified atom stereocenters. The topological polar surface area (TPSA) is 60.9 Å². The van der Waals surface area contributed by atoms with Gasteiger partial charge in [0, 0.05) is 19.2 Å². The Hall–Kier alpha value is -1.60. The number of carbonyl (C=O) groups is 1. The second-order valence-corrected chi connectivity index (χ2v) is 6.42. The number of hydrogen-bond donors (Lipinski definition) is 0. The summed E-state index contributed by atoms with van der Waals surface area (Å²) in [7, 11) is 0. The Morgan fingerprint density at radius 3 is 2.70 bits per heavy atom. The Labute approximate surface area is 139 Å². The molecule has 0 saturated carbocycles. The summed E-state index contributed by atoms with van der Waals surface area (Å²) >= 11 is 6.02. The molecule has 8 heteroatoms. The highest BCUT2D eigenvalue weighted by Crippen LogP contribution is 2.29. The first kappa shape index (κ1) is 17.7. The maximum absolute atomic E-state index is 14.2. The summed E-state index contributed by atoms with van der Waals surface area (Å²) in [6, 6.07) is 1.13. The van der Waals surface area contributed by atoms with Gasteiger partial charge in [-0.05, 0) is 20.8 Å². The van der Waals surface area contributed by atoms with Crippen molar-refractivity contribution in [2.24, 2.45) is 0 Å². The molecule has 1 aromatic rings. The van der Waals surface area contributed by atoms with Crippen molar-refractivity contribution in [3.8, 4) is 5.75 Å². The van der Waals surface area contributed by atoms with Crippen molar-refractivity contribution in [3.05, 3.63) is 17.0 Å². The maximum atomic E-state index is 14.2. The third-order valence-corrected chi connectivity index (χ3v) is 3.23. The number of carbonyl (C=O) groups excluding carboxylic acids is 1. The van der Waals surface area contributed by atoms with Crippen LogP contribution in [0.4, 0.5) is 10.2 Å². The summed E-state index contributed by atoms with van der Waals surface area (Å²) in [5, 5.41) is -0.00329. The van der Waals surface area contributed by atoms with E-state index in [0.717, 1.165) is 6.07 Å². The Morgan fingerprint density at radius 2 is 2.09 bits per heavy atom. The van der Waals surface area contributed by atoms with Crippen LogP contribution in [-0.4, -0.2) is 49.5 Å². The number of nitrogens with zero attached hydrogens (tertiary/aromatic N) is 2. The minimum Gasteiger partial charge on any atom is -0.479 e. The van der Waals surface area contributed by atoms with Crippen molar-refractivity contribution in [2.75, 3.05) is 37.8 Å². The monoisotopic (exact) mass is 346 g/mol. The highest BCUT2D eigenvalue weighted by atomic mass is 35.5. The van der Waals surface area contributed by atoms with Gasteiger partial charge >= 0.3 is 5.97 Å². The van der Waals surface area contributed by atoms with Gasteiger partial charge < -0.3 is 19.1 Å². The number of rotatable bonds is 4. The molecule has 1 saturated heterocycles. The van der Waals surface area contributed by atoms with Gasteiger partial charge in [-0.3, -0.25) is 0 Å². The number of halogens is 2. The number of morpholine rings is 1. The van der Waals surface area contributed by atoms with Crippen LogP contribution in [0.1, 0.15) is 20.8 Å². The van der Waals surface area contributed by atoms with E-state index in [1.54, 1.807) is 25.7 Å². The van der Waals surface area contributed by atoms with Crippen LogP contribution in [-0.2, 0) is 14.3 Å². The van der Waals surface area contributed by atoms with E-state index >= 15 is 0 Å². The zero-order valence-corrected chi connectivity index (χ0v) is 14.2. The summed E-state index contributed by atoms with van der Waals surface area (Å²) in [5.74, 6) is -0.961. The fraction of sp³-hybridized carbons (Fsp3) is 0.600. The van der Waals surface area contributed by atoms with Gasteiger partial charge in [0.05, 0.1) is 13.2 Å². The number of anilines is 1. The van der Waals surface area contributed by atoms with Crippen molar-refractivity contribution < 1.29 is 23.4 Å². The molecule has 0 bridgehead atoms. The molecule has 1 aliphatic rings. The van der Waals surface area contributed by atoms with Crippen LogP contribution in [0.15, 0.2) is 6.07 Å². The Balaban J connectivity index is 2.03. The molecule has 2 rings (SSSR count). The van der Waals surface area contributed by atoms with Crippen molar-refractivity contribution in [2.45, 2.75) is 26.4 Å². The van der Waals surface area contributed by atoms with Crippen LogP contribution in [0.2, 0.25) is 5.15 Å². The third kappa shape index (κ3) is 5.21. The molecule has 0 spiro atoms. The molecular weight excluding hydrogens is 327 g/mol. The maximum Gasteiger partial charge on any atom is 0.344 e. The molecule has 0 aromatic carbocycles. The van der Waals surface area contributed by atoms with Crippen LogP contribution < -0.4 is 9.64 Å². The lowest BCUT2D eigenvalue weighted by atomic mass is 10.2. The number of ether oxygens (including phenoxy) is 3. The largest absolute Gasteiger partial charge is 0.479 e. The van der Waals surface area contributed by atoms with Gasteiger partial charge in [0.1, 0.15) is 5.60 Å². The lowest BCUT2D eigenvalue weighted by Crippen LogP contribution is -2.37. The first-order chi connectivity index (χ1) is 10.8. The third-order valence-electron chi connectivity index (χ3n) is 2.95. The molecule has 1 fully saturated rings. The van der Waals surface area contributed by atoms with E-state index in [-0.39, 0.29) is 23.3 Å². The summed E-state index contributed by atoms with van der Waals surface area (Å²) < 4.78 is 29.7. The second kappa shape index (κ2) is 7.31. The first-order valence-corrected chi connectivity index (χ1v) is 7.67. The van der Waals surface area contributed by atoms with Gasteiger partial charge in [-0.25, -0.2) is 14.2 Å². The Morgan fingerprint density at radius 1 is 1.43 bits per heavy atom. The van der Waals surface area contributed by atoms with Crippen LogP contribution in [0.5, 0.6) is 5.75 Å². The molecule has 0 atom stereocenters. The zero-order valence-electron chi connectivity index (χ0n) is 13.4. The molecular formula is C15H20ClFN2O4. The Kier molecular flexibility index (Phi) is 5.64. The molecule has 0 N–H and O–H groups in total. The van der Waals surface area contributed by atoms with Gasteiger partial charge in [-0.1, -0.05) is 11.6 Å². The van der Waals surface area contributed by atoms with Gasteiger partial charge in [-0.15, -0.1) is 0 Å². The van der Waals surface area contributed by atoms with E-state index in [0.29, 0.717) is 26.3 Å². The lowest BCUT2D eigenvalue weighted by molar-refractivity contribution is -0.157. The molecule has 128 valence electrons. The first-order valence-electron chi connectivity index (χ1n) is 7.29. The van der Waals surface area contributed by atoms with Gasteiger partial charge in [0.2, 0.25) is 0 Å². The fourth-order valence-corrected chi connectivity index (χ4v) is 2.24. The van der Waals surface area contributed by atoms with Crippen LogP contribution in [0, 0.1) is 5.82 Å². The molecule has 2 heterocycles. The molecule has 6 nitrogen and oxygen atoms in total. The number of pyridine rings is 1. The minimum atomic E-state index is -0.617. The SMILES string of the molecule is CC(C)(C)OC(=O)COc1cc(F)c(N2CCOCC2)nc1Cl. The van der Waals surface area contributed by atoms with Crippen molar-refractivity contribution >= 4 is 23.4 Å². The molecule has 23 heavy (non-hydrogen) atoms. The van der Waals surface area contributed by atoms with E-state index in [4.69, 9.17) is 25.8 Å². The summed E-state index contributed by atoms with van der Waals surface area (Å²) in [6.07, 6.45) is 0. The Bertz CT molecular complexity index is 571. The van der Waals surface area contributed by atoms with Crippen LogP contribution in [0.25, 0.3) is 0 Å². The lowest BCUT2D eigenvalue weighted by Gasteiger charge is -2.28. The number of esters is 1. The van der Waals surface area contributed by atoms with E-state index in [9.17, 15) is 9.18 Å². The molecule has 1 aromatic heterocycles. The fourth-order valence-electron chi connectivity index (χ4n) is 2.05. The number of aromatic nitrogens is 1. The van der Waals surface area contributed by atoms with Gasteiger partial charge in [-0.2, -0.15) is 0 Å². The van der Waals surface area contributed by atoms with Gasteiger partial charge in [0.15, 0.2) is 29.1 Å². The van der Waals surface area contributed by atoms with Crippen LogP contribution in [0.3, 0.4) is 0 Å². The molecule has 0 amide bonds. The second-order valence-electron chi connectivity index (χ2n) is 6.06. The predicted molar refractivity (Wildman–Crippen MR) is 83.6 cm³/mol. The quantitative estimate of drug-likeness (QED) is 0.616. The van der Waals surface area contributed by atoms with Crippen molar-refractivity contribution in [1.29, 1.82) is 0 Å². The predicted octanol–water partition coefficient (Wildman–Crippen LogP) is 2.43. The van der Waals surface area contributed by atoms with Gasteiger partial charge in [0.25, 0.3) is 0 Å². The normalized spacial score (nSPS) is 15.4. The van der Waals surface area contributed by atoms with Crippen LogP contribution >= 0.6 is 11.6 Å². The summed E-state index contributed by atoms with van der Waals surface area (Å²) in [4.78, 5) is 17.4. The van der Waals surface area contributed by atoms with E-state index < -0.39 is 17.4 Å². The standard InChI is InChI=1S/C15H20ClFN2O4/c1-15(2,3)23-12(20)9-22-11-8-10(17)14(18-13(11)16)19-4-6-21-7-5-19/h8H,4-7,9H2,1-3H3. The molecule has 0 aliphatic carbocycles. The highest BCUT2D eigenvalue weighted by Gasteiger charge is 2.21. The zero-order chi connectivity index (χ0) is 17.0. The summed E-state index contributed by atoms with van der Waals surface area (Å²) in [6.45, 7) is 6.97. The highest BCUT2D eigenvalue weighted by molar-refractivity contribution is 6.31. The average molecular weight is 347 g/mol. The smallest absolute Gasteiger partial charge is 0.344 e. The van der Waals surface area contributed by atoms with E-state index in [1.807, 2.05) is 0 Å². The van der Waals surface area contributed by atoms with E-state index in [2.05, 4.69) is 4.98 Å². The van der Waals surface area contributed by atoms with E-state index in [1.165, 1.54) is 0 Å². The molecule has 1 aliphatic heterocycles. The summed E-state index contributed by atoms with van der Waals surface area (Å²) in [5.41, 5.74) is -0.617. The minimum absolute atomic E-state index is 0.00329. The van der Waals surface area contributed by atoms with Crippen molar-refractivity contribution in [3.63, 3.8) is 0 Å². The molecule has 0 radical (unpaired) electrons. The van der Waals surface area contributed by atoms with Crippen molar-refractivity contribution in [1.82, 2.24) is 4.98 Å².